The van der Waals surface area contributed by atoms with Gasteiger partial charge in [-0.1, -0.05) is 12.1 Å². The molecule has 6 nitrogen and oxygen atoms in total. The number of pyridine rings is 1. The Morgan fingerprint density at radius 1 is 1.21 bits per heavy atom. The fraction of sp³-hybridized carbons (Fsp3) is 0.389. The minimum absolute atomic E-state index is 0.0266. The number of hydrogen-bond acceptors (Lipinski definition) is 3. The molecule has 2 aromatic rings. The highest BCUT2D eigenvalue weighted by Gasteiger charge is 2.32. The summed E-state index contributed by atoms with van der Waals surface area (Å²) in [6, 6.07) is 8.65. The zero-order chi connectivity index (χ0) is 17.3. The summed E-state index contributed by atoms with van der Waals surface area (Å²) in [4.78, 5) is 37.5. The summed E-state index contributed by atoms with van der Waals surface area (Å²) in [5.74, 6) is -1.48. The quantitative estimate of drug-likeness (QED) is 0.930. The molecule has 1 saturated heterocycles. The van der Waals surface area contributed by atoms with Gasteiger partial charge in [-0.3, -0.25) is 14.4 Å². The van der Waals surface area contributed by atoms with Crippen LogP contribution in [0.2, 0.25) is 0 Å². The van der Waals surface area contributed by atoms with Gasteiger partial charge in [-0.15, -0.1) is 0 Å². The summed E-state index contributed by atoms with van der Waals surface area (Å²) in [6.45, 7) is 2.28. The number of aromatic nitrogens is 1. The van der Waals surface area contributed by atoms with Crippen LogP contribution in [0.5, 0.6) is 0 Å². The molecule has 0 aliphatic carbocycles. The van der Waals surface area contributed by atoms with E-state index < -0.39 is 11.9 Å². The summed E-state index contributed by atoms with van der Waals surface area (Å²) in [5.41, 5.74) is 0.629. The number of para-hydroxylation sites is 1. The second kappa shape index (κ2) is 6.47. The van der Waals surface area contributed by atoms with Crippen LogP contribution in [0.1, 0.15) is 19.8 Å². The first-order valence-corrected chi connectivity index (χ1v) is 8.08. The lowest BCUT2D eigenvalue weighted by Crippen LogP contribution is -2.48. The molecule has 6 heteroatoms. The molecule has 3 rings (SSSR count). The minimum Gasteiger partial charge on any atom is -0.481 e. The van der Waals surface area contributed by atoms with Crippen LogP contribution >= 0.6 is 0 Å². The molecule has 1 aliphatic heterocycles. The number of carbonyl (C=O) groups excluding carboxylic acids is 1. The van der Waals surface area contributed by atoms with Gasteiger partial charge in [-0.2, -0.15) is 0 Å². The number of carboxylic acids is 1. The van der Waals surface area contributed by atoms with Gasteiger partial charge in [-0.25, -0.2) is 0 Å². The average Bonchev–Trinajstić information content (AvgIpc) is 2.57. The van der Waals surface area contributed by atoms with E-state index in [2.05, 4.69) is 0 Å². The van der Waals surface area contributed by atoms with Crippen LogP contribution in [0, 0.1) is 5.92 Å². The van der Waals surface area contributed by atoms with Gasteiger partial charge in [0, 0.05) is 30.2 Å². The summed E-state index contributed by atoms with van der Waals surface area (Å²) in [5, 5.41) is 9.78. The van der Waals surface area contributed by atoms with Gasteiger partial charge in [0.15, 0.2) is 5.43 Å². The molecule has 126 valence electrons. The third kappa shape index (κ3) is 3.04. The third-order valence-corrected chi connectivity index (χ3v) is 4.74. The van der Waals surface area contributed by atoms with Crippen molar-refractivity contribution in [3.05, 3.63) is 46.8 Å². The molecule has 1 aliphatic rings. The number of piperidine rings is 1. The maximum atomic E-state index is 12.7. The molecule has 0 radical (unpaired) electrons. The molecule has 2 unspecified atom stereocenters. The van der Waals surface area contributed by atoms with Crippen LogP contribution in [0.15, 0.2) is 41.3 Å². The number of carboxylic acid groups (broad SMARTS) is 1. The largest absolute Gasteiger partial charge is 0.481 e. The monoisotopic (exact) mass is 328 g/mol. The predicted molar refractivity (Wildman–Crippen MR) is 89.7 cm³/mol. The molecular weight excluding hydrogens is 308 g/mol. The average molecular weight is 328 g/mol. The molecule has 1 aromatic carbocycles. The number of hydrogen-bond donors (Lipinski definition) is 1. The zero-order valence-electron chi connectivity index (χ0n) is 13.5. The van der Waals surface area contributed by atoms with Gasteiger partial charge in [-0.05, 0) is 31.9 Å². The molecule has 0 spiro atoms. The Kier molecular flexibility index (Phi) is 4.38. The highest BCUT2D eigenvalue weighted by molar-refractivity contribution is 5.83. The lowest BCUT2D eigenvalue weighted by molar-refractivity contribution is -0.147. The lowest BCUT2D eigenvalue weighted by Gasteiger charge is -2.36. The third-order valence-electron chi connectivity index (χ3n) is 4.74. The lowest BCUT2D eigenvalue weighted by atomic mass is 9.93. The number of aliphatic carboxylic acids is 1. The van der Waals surface area contributed by atoms with E-state index in [0.717, 1.165) is 0 Å². The summed E-state index contributed by atoms with van der Waals surface area (Å²) < 4.78 is 1.75. The maximum absolute atomic E-state index is 12.7. The molecule has 0 saturated carbocycles. The first kappa shape index (κ1) is 16.2. The molecule has 0 bridgehead atoms. The number of fused-ring (bicyclic) bond motifs is 1. The van der Waals surface area contributed by atoms with Gasteiger partial charge >= 0.3 is 5.97 Å². The smallest absolute Gasteiger partial charge is 0.308 e. The molecule has 1 amide bonds. The van der Waals surface area contributed by atoms with Gasteiger partial charge in [0.2, 0.25) is 5.91 Å². The minimum atomic E-state index is -0.853. The van der Waals surface area contributed by atoms with Gasteiger partial charge < -0.3 is 14.6 Å². The first-order valence-electron chi connectivity index (χ1n) is 8.08. The second-order valence-electron chi connectivity index (χ2n) is 6.33. The van der Waals surface area contributed by atoms with E-state index in [9.17, 15) is 19.5 Å². The number of carbonyl (C=O) groups is 2. The first-order chi connectivity index (χ1) is 11.5. The van der Waals surface area contributed by atoms with Crippen LogP contribution < -0.4 is 5.43 Å². The van der Waals surface area contributed by atoms with Crippen molar-refractivity contribution in [3.63, 3.8) is 0 Å². The highest BCUT2D eigenvalue weighted by atomic mass is 16.4. The van der Waals surface area contributed by atoms with Crippen LogP contribution in [0.25, 0.3) is 10.9 Å². The maximum Gasteiger partial charge on any atom is 0.308 e. The Labute approximate surface area is 139 Å². The van der Waals surface area contributed by atoms with Crippen LogP contribution in [-0.4, -0.2) is 39.0 Å². The SMILES string of the molecule is CC1CCC(C(=O)O)CN1C(=O)Cn1ccc(=O)c2ccccc21. The normalized spacial score (nSPS) is 21.0. The number of rotatable bonds is 3. The van der Waals surface area contributed by atoms with E-state index in [1.54, 1.807) is 27.8 Å². The molecular formula is C18H20N2O4. The fourth-order valence-corrected chi connectivity index (χ4v) is 3.29. The summed E-state index contributed by atoms with van der Waals surface area (Å²) in [7, 11) is 0. The highest BCUT2D eigenvalue weighted by Crippen LogP contribution is 2.22. The van der Waals surface area contributed by atoms with Crippen molar-refractivity contribution in [1.29, 1.82) is 0 Å². The Morgan fingerprint density at radius 2 is 1.96 bits per heavy atom. The fourth-order valence-electron chi connectivity index (χ4n) is 3.29. The van der Waals surface area contributed by atoms with Crippen LogP contribution in [-0.2, 0) is 16.1 Å². The Hall–Kier alpha value is -2.63. The topological polar surface area (TPSA) is 79.6 Å². The van der Waals surface area contributed by atoms with E-state index in [1.807, 2.05) is 19.1 Å². The predicted octanol–water partition coefficient (Wildman–Crippen LogP) is 1.71. The van der Waals surface area contributed by atoms with E-state index in [0.29, 0.717) is 23.7 Å². The van der Waals surface area contributed by atoms with Crippen molar-refractivity contribution in [3.8, 4) is 0 Å². The molecule has 24 heavy (non-hydrogen) atoms. The van der Waals surface area contributed by atoms with Crippen molar-refractivity contribution in [1.82, 2.24) is 9.47 Å². The Bertz CT molecular complexity index is 842. The molecule has 1 fully saturated rings. The van der Waals surface area contributed by atoms with Crippen molar-refractivity contribution < 1.29 is 14.7 Å². The van der Waals surface area contributed by atoms with Crippen molar-refractivity contribution in [2.45, 2.75) is 32.4 Å². The van der Waals surface area contributed by atoms with Crippen molar-refractivity contribution in [2.75, 3.05) is 6.54 Å². The summed E-state index contributed by atoms with van der Waals surface area (Å²) >= 11 is 0. The number of nitrogens with zero attached hydrogens (tertiary/aromatic N) is 2. The second-order valence-corrected chi connectivity index (χ2v) is 6.33. The molecule has 1 aromatic heterocycles. The van der Waals surface area contributed by atoms with Crippen molar-refractivity contribution >= 4 is 22.8 Å². The summed E-state index contributed by atoms with van der Waals surface area (Å²) in [6.07, 6.45) is 2.90. The number of benzene rings is 1. The Balaban J connectivity index is 1.86. The molecule has 2 heterocycles. The van der Waals surface area contributed by atoms with E-state index in [1.165, 1.54) is 6.07 Å². The van der Waals surface area contributed by atoms with Crippen LogP contribution in [0.4, 0.5) is 0 Å². The van der Waals surface area contributed by atoms with Crippen molar-refractivity contribution in [2.24, 2.45) is 5.92 Å². The van der Waals surface area contributed by atoms with E-state index in [-0.39, 0.29) is 30.5 Å². The number of likely N-dealkylation sites (tertiary alicyclic amines) is 1. The number of amides is 1. The molecule has 1 N–H and O–H groups in total. The zero-order valence-corrected chi connectivity index (χ0v) is 13.5. The van der Waals surface area contributed by atoms with Gasteiger partial charge in [0.1, 0.15) is 6.54 Å². The van der Waals surface area contributed by atoms with Gasteiger partial charge in [0.25, 0.3) is 0 Å². The van der Waals surface area contributed by atoms with E-state index in [4.69, 9.17) is 0 Å². The molecule has 2 atom stereocenters. The van der Waals surface area contributed by atoms with Gasteiger partial charge in [0.05, 0.1) is 11.4 Å². The van der Waals surface area contributed by atoms with E-state index >= 15 is 0 Å². The standard InChI is InChI=1S/C18H20N2O4/c1-12-6-7-13(18(23)24)10-20(12)17(22)11-19-9-8-16(21)14-4-2-3-5-15(14)19/h2-5,8-9,12-13H,6-7,10-11H2,1H3,(H,23,24). The van der Waals surface area contributed by atoms with Crippen LogP contribution in [0.3, 0.4) is 0 Å². The Morgan fingerprint density at radius 3 is 2.71 bits per heavy atom.